The van der Waals surface area contributed by atoms with Crippen LogP contribution in [0.4, 0.5) is 0 Å². The summed E-state index contributed by atoms with van der Waals surface area (Å²) in [5.41, 5.74) is 0.606. The number of hydrogen-bond donors (Lipinski definition) is 3. The molecule has 1 aromatic carbocycles. The topological polar surface area (TPSA) is 81.0 Å². The first kappa shape index (κ1) is 14.3. The number of aromatic hydroxyl groups is 2. The number of carbonyl (C=O) groups is 1. The minimum atomic E-state index is -0.895. The van der Waals surface area contributed by atoms with E-state index in [1.807, 2.05) is 13.8 Å². The van der Waals surface area contributed by atoms with Gasteiger partial charge in [-0.1, -0.05) is 19.9 Å². The Bertz CT molecular complexity index is 417. The summed E-state index contributed by atoms with van der Waals surface area (Å²) >= 11 is 0. The van der Waals surface area contributed by atoms with Crippen LogP contribution >= 0.6 is 0 Å². The van der Waals surface area contributed by atoms with E-state index in [2.05, 4.69) is 0 Å². The molecule has 0 aromatic heterocycles. The maximum atomic E-state index is 10.8. The van der Waals surface area contributed by atoms with Crippen LogP contribution in [0, 0.1) is 5.92 Å². The van der Waals surface area contributed by atoms with E-state index in [9.17, 15) is 15.0 Å². The first-order valence-corrected chi connectivity index (χ1v) is 5.83. The standard InChI is InChI=1S/C13H19NO4/c1-9(2)6-14(8-13(17)18)7-10-3-4-11(15)5-12(10)16/h3-5,9,15-16H,6-8H2,1-2H3,(H,17,18). The van der Waals surface area contributed by atoms with Gasteiger partial charge in [0.05, 0.1) is 6.54 Å². The molecule has 100 valence electrons. The molecule has 0 saturated carbocycles. The van der Waals surface area contributed by atoms with Gasteiger partial charge in [-0.2, -0.15) is 0 Å². The molecular weight excluding hydrogens is 234 g/mol. The number of benzene rings is 1. The van der Waals surface area contributed by atoms with Crippen molar-refractivity contribution in [1.29, 1.82) is 0 Å². The third-order valence-corrected chi connectivity index (χ3v) is 2.45. The van der Waals surface area contributed by atoms with Crippen LogP contribution in [0.5, 0.6) is 11.5 Å². The number of phenols is 2. The molecule has 1 aromatic rings. The lowest BCUT2D eigenvalue weighted by Crippen LogP contribution is -2.32. The highest BCUT2D eigenvalue weighted by molar-refractivity contribution is 5.69. The predicted octanol–water partition coefficient (Wildman–Crippen LogP) is 1.64. The van der Waals surface area contributed by atoms with Crippen molar-refractivity contribution in [3.8, 4) is 11.5 Å². The number of rotatable bonds is 6. The molecule has 5 nitrogen and oxygen atoms in total. The van der Waals surface area contributed by atoms with Gasteiger partial charge in [-0.05, 0) is 12.0 Å². The summed E-state index contributed by atoms with van der Waals surface area (Å²) in [6.45, 7) is 4.92. The fraction of sp³-hybridized carbons (Fsp3) is 0.462. The van der Waals surface area contributed by atoms with E-state index in [-0.39, 0.29) is 18.0 Å². The summed E-state index contributed by atoms with van der Waals surface area (Å²) in [7, 11) is 0. The van der Waals surface area contributed by atoms with Gasteiger partial charge in [0, 0.05) is 24.7 Å². The summed E-state index contributed by atoms with van der Waals surface area (Å²) in [5.74, 6) is -0.587. The van der Waals surface area contributed by atoms with Crippen LogP contribution in [0.25, 0.3) is 0 Å². The van der Waals surface area contributed by atoms with Gasteiger partial charge in [-0.3, -0.25) is 9.69 Å². The highest BCUT2D eigenvalue weighted by Crippen LogP contribution is 2.24. The molecule has 0 bridgehead atoms. The van der Waals surface area contributed by atoms with Crippen LogP contribution < -0.4 is 0 Å². The monoisotopic (exact) mass is 253 g/mol. The van der Waals surface area contributed by atoms with E-state index in [0.29, 0.717) is 24.6 Å². The van der Waals surface area contributed by atoms with Gasteiger partial charge in [-0.15, -0.1) is 0 Å². The number of hydrogen-bond acceptors (Lipinski definition) is 4. The molecule has 1 rings (SSSR count). The Hall–Kier alpha value is -1.75. The number of nitrogens with zero attached hydrogens (tertiary/aromatic N) is 1. The maximum Gasteiger partial charge on any atom is 0.317 e. The van der Waals surface area contributed by atoms with Crippen molar-refractivity contribution in [2.45, 2.75) is 20.4 Å². The minimum Gasteiger partial charge on any atom is -0.508 e. The molecular formula is C13H19NO4. The summed E-state index contributed by atoms with van der Waals surface area (Å²) < 4.78 is 0. The van der Waals surface area contributed by atoms with Gasteiger partial charge in [0.15, 0.2) is 0 Å². The lowest BCUT2D eigenvalue weighted by Gasteiger charge is -2.22. The maximum absolute atomic E-state index is 10.8. The highest BCUT2D eigenvalue weighted by atomic mass is 16.4. The second-order valence-corrected chi connectivity index (χ2v) is 4.77. The van der Waals surface area contributed by atoms with Gasteiger partial charge >= 0.3 is 5.97 Å². The number of carboxylic acids is 1. The molecule has 0 fully saturated rings. The quantitative estimate of drug-likeness (QED) is 0.718. The average Bonchev–Trinajstić information content (AvgIpc) is 2.20. The van der Waals surface area contributed by atoms with E-state index in [1.165, 1.54) is 12.1 Å². The summed E-state index contributed by atoms with van der Waals surface area (Å²) in [4.78, 5) is 12.5. The van der Waals surface area contributed by atoms with Crippen molar-refractivity contribution in [3.05, 3.63) is 23.8 Å². The molecule has 3 N–H and O–H groups in total. The first-order valence-electron chi connectivity index (χ1n) is 5.83. The number of phenolic OH excluding ortho intramolecular Hbond substituents is 2. The van der Waals surface area contributed by atoms with Gasteiger partial charge in [0.25, 0.3) is 0 Å². The molecule has 0 radical (unpaired) electrons. The van der Waals surface area contributed by atoms with Crippen molar-refractivity contribution in [1.82, 2.24) is 4.90 Å². The Morgan fingerprint density at radius 1 is 1.33 bits per heavy atom. The van der Waals surface area contributed by atoms with E-state index < -0.39 is 5.97 Å². The molecule has 0 atom stereocenters. The van der Waals surface area contributed by atoms with Crippen LogP contribution in [0.1, 0.15) is 19.4 Å². The van der Waals surface area contributed by atoms with Gasteiger partial charge in [-0.25, -0.2) is 0 Å². The molecule has 5 heteroatoms. The van der Waals surface area contributed by atoms with E-state index >= 15 is 0 Å². The van der Waals surface area contributed by atoms with Crippen LogP contribution in [0.3, 0.4) is 0 Å². The van der Waals surface area contributed by atoms with Crippen molar-refractivity contribution in [3.63, 3.8) is 0 Å². The number of carboxylic acid groups (broad SMARTS) is 1. The molecule has 0 unspecified atom stereocenters. The molecule has 0 saturated heterocycles. The first-order chi connectivity index (χ1) is 8.38. The highest BCUT2D eigenvalue weighted by Gasteiger charge is 2.14. The van der Waals surface area contributed by atoms with Gasteiger partial charge in [0.2, 0.25) is 0 Å². The third kappa shape index (κ3) is 4.63. The Morgan fingerprint density at radius 2 is 2.00 bits per heavy atom. The van der Waals surface area contributed by atoms with E-state index in [1.54, 1.807) is 11.0 Å². The Kier molecular flexibility index (Phi) is 4.97. The van der Waals surface area contributed by atoms with Crippen LogP contribution in [-0.2, 0) is 11.3 Å². The summed E-state index contributed by atoms with van der Waals surface area (Å²) in [5, 5.41) is 27.7. The third-order valence-electron chi connectivity index (χ3n) is 2.45. The van der Waals surface area contributed by atoms with Crippen LogP contribution in [0.15, 0.2) is 18.2 Å². The molecule has 0 amide bonds. The normalized spacial score (nSPS) is 11.1. The van der Waals surface area contributed by atoms with Gasteiger partial charge in [0.1, 0.15) is 11.5 Å². The Balaban J connectivity index is 2.78. The van der Waals surface area contributed by atoms with Crippen molar-refractivity contribution < 1.29 is 20.1 Å². The fourth-order valence-electron chi connectivity index (χ4n) is 1.82. The van der Waals surface area contributed by atoms with Crippen LogP contribution in [-0.4, -0.2) is 39.3 Å². The molecule has 18 heavy (non-hydrogen) atoms. The van der Waals surface area contributed by atoms with E-state index in [4.69, 9.17) is 5.11 Å². The predicted molar refractivity (Wildman–Crippen MR) is 67.5 cm³/mol. The fourth-order valence-corrected chi connectivity index (χ4v) is 1.82. The van der Waals surface area contributed by atoms with E-state index in [0.717, 1.165) is 0 Å². The lowest BCUT2D eigenvalue weighted by atomic mass is 10.1. The van der Waals surface area contributed by atoms with Crippen molar-refractivity contribution in [2.24, 2.45) is 5.92 Å². The zero-order valence-corrected chi connectivity index (χ0v) is 10.6. The SMILES string of the molecule is CC(C)CN(CC(=O)O)Cc1ccc(O)cc1O. The smallest absolute Gasteiger partial charge is 0.317 e. The minimum absolute atomic E-state index is 0.00936. The van der Waals surface area contributed by atoms with Crippen molar-refractivity contribution in [2.75, 3.05) is 13.1 Å². The zero-order chi connectivity index (χ0) is 13.7. The van der Waals surface area contributed by atoms with Gasteiger partial charge < -0.3 is 15.3 Å². The lowest BCUT2D eigenvalue weighted by molar-refractivity contribution is -0.138. The number of aliphatic carboxylic acids is 1. The summed E-state index contributed by atoms with van der Waals surface area (Å²) in [6, 6.07) is 4.33. The average molecular weight is 253 g/mol. The Labute approximate surface area is 106 Å². The summed E-state index contributed by atoms with van der Waals surface area (Å²) in [6.07, 6.45) is 0. The Morgan fingerprint density at radius 3 is 2.50 bits per heavy atom. The molecule has 0 aliphatic carbocycles. The van der Waals surface area contributed by atoms with Crippen molar-refractivity contribution >= 4 is 5.97 Å². The molecule has 0 aliphatic rings. The zero-order valence-electron chi connectivity index (χ0n) is 10.6. The molecule has 0 heterocycles. The molecule has 0 aliphatic heterocycles. The largest absolute Gasteiger partial charge is 0.508 e. The second kappa shape index (κ2) is 6.26. The van der Waals surface area contributed by atoms with Crippen LogP contribution in [0.2, 0.25) is 0 Å². The second-order valence-electron chi connectivity index (χ2n) is 4.77. The molecule has 0 spiro atoms.